The molecule has 1 saturated heterocycles. The van der Waals surface area contributed by atoms with Crippen LogP contribution < -0.4 is 15.5 Å². The van der Waals surface area contributed by atoms with Crippen molar-refractivity contribution in [2.75, 3.05) is 29.9 Å². The maximum Gasteiger partial charge on any atom is 0.407 e. The van der Waals surface area contributed by atoms with Gasteiger partial charge in [0.1, 0.15) is 24.4 Å². The number of ether oxygens (including phenoxy) is 1. The number of carbonyl (C=O) groups excluding carboxylic acids is 2. The van der Waals surface area contributed by atoms with Crippen LogP contribution in [-0.2, 0) is 11.2 Å². The molecule has 1 aromatic heterocycles. The molecule has 1 aliphatic heterocycles. The van der Waals surface area contributed by atoms with Crippen molar-refractivity contribution in [1.82, 2.24) is 15.3 Å². The van der Waals surface area contributed by atoms with Crippen molar-refractivity contribution >= 4 is 23.5 Å². The molecule has 0 bridgehead atoms. The average molecular weight is 409 g/mol. The van der Waals surface area contributed by atoms with Crippen LogP contribution in [0.25, 0.3) is 0 Å². The lowest BCUT2D eigenvalue weighted by Crippen LogP contribution is -2.28. The standard InChI is InChI=1S/C22H27N5O3/c1-2-9-27(12-16-3-4-16)20-11-19(23-14-24-20)21(28)25-17-7-5-15(6-8-17)10-18-13-30-22(29)26-18/h5-8,11,14,16,18H,2-4,9-10,12-13H2,1H3,(H,25,28)(H,26,29). The molecule has 2 heterocycles. The third-order valence-electron chi connectivity index (χ3n) is 5.31. The number of amides is 2. The molecule has 0 spiro atoms. The monoisotopic (exact) mass is 409 g/mol. The van der Waals surface area contributed by atoms with E-state index >= 15 is 0 Å². The fourth-order valence-electron chi connectivity index (χ4n) is 3.57. The second kappa shape index (κ2) is 9.11. The van der Waals surface area contributed by atoms with Gasteiger partial charge < -0.3 is 20.3 Å². The summed E-state index contributed by atoms with van der Waals surface area (Å²) in [5, 5.41) is 5.66. The zero-order chi connectivity index (χ0) is 20.9. The zero-order valence-corrected chi connectivity index (χ0v) is 17.1. The Kier molecular flexibility index (Phi) is 6.11. The van der Waals surface area contributed by atoms with Crippen molar-refractivity contribution < 1.29 is 14.3 Å². The molecule has 8 heteroatoms. The lowest BCUT2D eigenvalue weighted by atomic mass is 10.1. The zero-order valence-electron chi connectivity index (χ0n) is 17.1. The van der Waals surface area contributed by atoms with Crippen LogP contribution in [0.4, 0.5) is 16.3 Å². The van der Waals surface area contributed by atoms with Gasteiger partial charge in [-0.25, -0.2) is 14.8 Å². The van der Waals surface area contributed by atoms with Gasteiger partial charge in [-0.15, -0.1) is 0 Å². The first-order valence-electron chi connectivity index (χ1n) is 10.5. The van der Waals surface area contributed by atoms with E-state index in [1.165, 1.54) is 19.2 Å². The quantitative estimate of drug-likeness (QED) is 0.661. The average Bonchev–Trinajstić information content (AvgIpc) is 3.48. The molecular weight excluding hydrogens is 382 g/mol. The number of rotatable bonds is 9. The Balaban J connectivity index is 1.37. The number of nitrogens with one attached hydrogen (secondary N) is 2. The van der Waals surface area contributed by atoms with Crippen molar-refractivity contribution in [2.24, 2.45) is 5.92 Å². The summed E-state index contributed by atoms with van der Waals surface area (Å²) >= 11 is 0. The van der Waals surface area contributed by atoms with Crippen molar-refractivity contribution in [3.8, 4) is 0 Å². The third kappa shape index (κ3) is 5.25. The van der Waals surface area contributed by atoms with E-state index in [9.17, 15) is 9.59 Å². The van der Waals surface area contributed by atoms with Crippen LogP contribution in [0, 0.1) is 5.92 Å². The molecule has 158 valence electrons. The number of aromatic nitrogens is 2. The van der Waals surface area contributed by atoms with Gasteiger partial charge in [0, 0.05) is 24.8 Å². The Morgan fingerprint density at radius 1 is 1.27 bits per heavy atom. The molecule has 1 unspecified atom stereocenters. The number of nitrogens with zero attached hydrogens (tertiary/aromatic N) is 3. The molecule has 2 aliphatic rings. The van der Waals surface area contributed by atoms with Gasteiger partial charge in [0.15, 0.2) is 0 Å². The molecule has 2 aromatic rings. The fourth-order valence-corrected chi connectivity index (χ4v) is 3.57. The maximum absolute atomic E-state index is 12.7. The highest BCUT2D eigenvalue weighted by Gasteiger charge is 2.25. The largest absolute Gasteiger partial charge is 0.447 e. The second-order valence-corrected chi connectivity index (χ2v) is 7.95. The molecule has 4 rings (SSSR count). The predicted molar refractivity (Wildman–Crippen MR) is 114 cm³/mol. The fraction of sp³-hybridized carbons (Fsp3) is 0.455. The molecule has 1 aromatic carbocycles. The molecule has 2 amide bonds. The molecule has 2 N–H and O–H groups in total. The van der Waals surface area contributed by atoms with Crippen LogP contribution in [0.2, 0.25) is 0 Å². The molecule has 30 heavy (non-hydrogen) atoms. The number of carbonyl (C=O) groups is 2. The van der Waals surface area contributed by atoms with E-state index in [0.717, 1.165) is 36.8 Å². The molecule has 1 saturated carbocycles. The molecule has 1 atom stereocenters. The topological polar surface area (TPSA) is 96.5 Å². The van der Waals surface area contributed by atoms with Gasteiger partial charge in [0.2, 0.25) is 0 Å². The van der Waals surface area contributed by atoms with Gasteiger partial charge in [-0.1, -0.05) is 19.1 Å². The first kappa shape index (κ1) is 20.1. The van der Waals surface area contributed by atoms with Crippen LogP contribution in [0.1, 0.15) is 42.2 Å². The molecule has 0 radical (unpaired) electrons. The van der Waals surface area contributed by atoms with Gasteiger partial charge in [-0.05, 0) is 49.3 Å². The number of benzene rings is 1. The van der Waals surface area contributed by atoms with E-state index in [1.54, 1.807) is 6.07 Å². The minimum atomic E-state index is -0.372. The van der Waals surface area contributed by atoms with Crippen molar-refractivity contribution in [3.63, 3.8) is 0 Å². The Labute approximate surface area is 176 Å². The lowest BCUT2D eigenvalue weighted by molar-refractivity contribution is 0.102. The minimum Gasteiger partial charge on any atom is -0.447 e. The Morgan fingerprint density at radius 2 is 2.07 bits per heavy atom. The summed E-state index contributed by atoms with van der Waals surface area (Å²) in [5.74, 6) is 1.29. The normalized spacial score (nSPS) is 17.9. The molecular formula is C22H27N5O3. The van der Waals surface area contributed by atoms with Gasteiger partial charge in [-0.2, -0.15) is 0 Å². The van der Waals surface area contributed by atoms with Crippen LogP contribution in [0.3, 0.4) is 0 Å². The van der Waals surface area contributed by atoms with E-state index in [1.807, 2.05) is 24.3 Å². The van der Waals surface area contributed by atoms with Crippen molar-refractivity contribution in [2.45, 2.75) is 38.6 Å². The number of hydrogen-bond donors (Lipinski definition) is 2. The Bertz CT molecular complexity index is 898. The first-order chi connectivity index (χ1) is 14.6. The van der Waals surface area contributed by atoms with E-state index in [2.05, 4.69) is 32.4 Å². The van der Waals surface area contributed by atoms with Gasteiger partial charge in [-0.3, -0.25) is 4.79 Å². The summed E-state index contributed by atoms with van der Waals surface area (Å²) in [6, 6.07) is 9.32. The smallest absolute Gasteiger partial charge is 0.407 e. The second-order valence-electron chi connectivity index (χ2n) is 7.95. The molecule has 8 nitrogen and oxygen atoms in total. The third-order valence-corrected chi connectivity index (χ3v) is 5.31. The number of anilines is 2. The van der Waals surface area contributed by atoms with E-state index in [0.29, 0.717) is 24.4 Å². The predicted octanol–water partition coefficient (Wildman–Crippen LogP) is 3.01. The van der Waals surface area contributed by atoms with Gasteiger partial charge in [0.05, 0.1) is 6.04 Å². The summed E-state index contributed by atoms with van der Waals surface area (Å²) in [6.45, 7) is 4.43. The highest BCUT2D eigenvalue weighted by Crippen LogP contribution is 2.31. The molecule has 2 fully saturated rings. The lowest BCUT2D eigenvalue weighted by Gasteiger charge is -2.23. The summed E-state index contributed by atoms with van der Waals surface area (Å²) in [7, 11) is 0. The highest BCUT2D eigenvalue weighted by atomic mass is 16.6. The number of hydrogen-bond acceptors (Lipinski definition) is 6. The van der Waals surface area contributed by atoms with Crippen LogP contribution in [0.15, 0.2) is 36.7 Å². The van der Waals surface area contributed by atoms with Crippen LogP contribution in [-0.4, -0.2) is 47.7 Å². The first-order valence-corrected chi connectivity index (χ1v) is 10.5. The maximum atomic E-state index is 12.7. The van der Waals surface area contributed by atoms with Crippen molar-refractivity contribution in [1.29, 1.82) is 0 Å². The van der Waals surface area contributed by atoms with Gasteiger partial charge in [0.25, 0.3) is 5.91 Å². The van der Waals surface area contributed by atoms with Gasteiger partial charge >= 0.3 is 6.09 Å². The van der Waals surface area contributed by atoms with Crippen LogP contribution in [0.5, 0.6) is 0 Å². The summed E-state index contributed by atoms with van der Waals surface area (Å²) in [5.41, 5.74) is 2.11. The number of cyclic esters (lactones) is 1. The Morgan fingerprint density at radius 3 is 2.73 bits per heavy atom. The highest BCUT2D eigenvalue weighted by molar-refractivity contribution is 6.03. The van der Waals surface area contributed by atoms with E-state index in [4.69, 9.17) is 4.74 Å². The van der Waals surface area contributed by atoms with E-state index in [-0.39, 0.29) is 18.0 Å². The Hall–Kier alpha value is -3.16. The SMILES string of the molecule is CCCN(CC1CC1)c1cc(C(=O)Nc2ccc(CC3COC(=O)N3)cc2)ncn1. The van der Waals surface area contributed by atoms with Crippen LogP contribution >= 0.6 is 0 Å². The van der Waals surface area contributed by atoms with E-state index < -0.39 is 0 Å². The number of alkyl carbamates (subject to hydrolysis) is 1. The summed E-state index contributed by atoms with van der Waals surface area (Å²) in [6.07, 6.45) is 5.34. The molecule has 1 aliphatic carbocycles. The van der Waals surface area contributed by atoms with Crippen molar-refractivity contribution in [3.05, 3.63) is 47.9 Å². The summed E-state index contributed by atoms with van der Waals surface area (Å²) < 4.78 is 4.91. The minimum absolute atomic E-state index is 0.0147. The summed E-state index contributed by atoms with van der Waals surface area (Å²) in [4.78, 5) is 34.6.